The number of hydrogen-bond donors (Lipinski definition) is 0. The molecule has 0 aliphatic rings. The van der Waals surface area contributed by atoms with Crippen LogP contribution in [0.2, 0.25) is 0 Å². The molecule has 1 unspecified atom stereocenters. The summed E-state index contributed by atoms with van der Waals surface area (Å²) in [6.45, 7) is 0.481. The van der Waals surface area contributed by atoms with E-state index < -0.39 is 15.9 Å². The topological polar surface area (TPSA) is 88.1 Å². The molecule has 0 bridgehead atoms. The van der Waals surface area contributed by atoms with Gasteiger partial charge in [-0.15, -0.1) is 11.3 Å². The lowest BCUT2D eigenvalue weighted by atomic mass is 9.97. The Kier molecular flexibility index (Phi) is 6.27. The molecule has 0 amide bonds. The van der Waals surface area contributed by atoms with E-state index in [1.54, 1.807) is 35.7 Å². The molecule has 2 heterocycles. The summed E-state index contributed by atoms with van der Waals surface area (Å²) < 4.78 is 32.6. The Bertz CT molecular complexity index is 1630. The number of aromatic nitrogens is 2. The van der Waals surface area contributed by atoms with Crippen molar-refractivity contribution in [1.29, 1.82) is 5.26 Å². The first-order valence-electron chi connectivity index (χ1n) is 10.9. The normalized spacial score (nSPS) is 12.9. The van der Waals surface area contributed by atoms with Crippen LogP contribution >= 0.6 is 11.3 Å². The van der Waals surface area contributed by atoms with E-state index in [4.69, 9.17) is 4.98 Å². The van der Waals surface area contributed by atoms with Gasteiger partial charge in [-0.25, -0.2) is 4.98 Å². The molecule has 2 aromatic heterocycles. The third-order valence-corrected chi connectivity index (χ3v) is 8.23. The zero-order valence-corrected chi connectivity index (χ0v) is 20.2. The molecule has 5 rings (SSSR count). The van der Waals surface area contributed by atoms with Gasteiger partial charge in [0.2, 0.25) is 0 Å². The number of thiophene rings is 1. The molecular formula is C27H20N4O2S2. The second kappa shape index (κ2) is 9.66. The number of sulfonamides is 1. The third-order valence-electron chi connectivity index (χ3n) is 5.57. The van der Waals surface area contributed by atoms with E-state index in [-0.39, 0.29) is 9.92 Å². The molecule has 0 radical (unpaired) electrons. The van der Waals surface area contributed by atoms with Crippen LogP contribution in [-0.2, 0) is 16.6 Å². The number of nitriles is 1. The van der Waals surface area contributed by atoms with Crippen LogP contribution in [0.5, 0.6) is 0 Å². The van der Waals surface area contributed by atoms with Crippen LogP contribution in [0.25, 0.3) is 11.0 Å². The van der Waals surface area contributed by atoms with Crippen molar-refractivity contribution in [3.63, 3.8) is 0 Å². The van der Waals surface area contributed by atoms with E-state index in [0.717, 1.165) is 27.9 Å². The van der Waals surface area contributed by atoms with Crippen LogP contribution in [-0.4, -0.2) is 23.7 Å². The first kappa shape index (κ1) is 22.7. The maximum atomic E-state index is 13.2. The fourth-order valence-electron chi connectivity index (χ4n) is 3.95. The molecule has 6 nitrogen and oxygen atoms in total. The van der Waals surface area contributed by atoms with E-state index in [2.05, 4.69) is 10.5 Å². The predicted octanol–water partition coefficient (Wildman–Crippen LogP) is 5.63. The zero-order chi connectivity index (χ0) is 24.3. The fraction of sp³-hybridized carbons (Fsp3) is 0.0741. The van der Waals surface area contributed by atoms with Gasteiger partial charge in [0.15, 0.2) is 0 Å². The van der Waals surface area contributed by atoms with Crippen LogP contribution in [0.1, 0.15) is 22.9 Å². The summed E-state index contributed by atoms with van der Waals surface area (Å²) in [7, 11) is -4.01. The highest BCUT2D eigenvalue weighted by atomic mass is 32.2. The summed E-state index contributed by atoms with van der Waals surface area (Å²) in [6, 6.07) is 31.9. The lowest BCUT2D eigenvalue weighted by Gasteiger charge is -2.16. The van der Waals surface area contributed by atoms with Gasteiger partial charge in [-0.1, -0.05) is 78.9 Å². The van der Waals surface area contributed by atoms with E-state index in [0.29, 0.717) is 17.9 Å². The average Bonchev–Trinajstić information content (AvgIpc) is 3.55. The minimum atomic E-state index is -4.01. The Morgan fingerprint density at radius 2 is 1.63 bits per heavy atom. The first-order valence-corrected chi connectivity index (χ1v) is 13.2. The SMILES string of the molecule is N#CC(/C(=N/S(=O)(=O)c1cccs1)c1ccccc1)c1nc2ccccc2n1Cc1ccccc1. The Morgan fingerprint density at radius 1 is 0.943 bits per heavy atom. The van der Waals surface area contributed by atoms with Crippen LogP contribution in [0.3, 0.4) is 0 Å². The van der Waals surface area contributed by atoms with Gasteiger partial charge in [0.1, 0.15) is 16.0 Å². The van der Waals surface area contributed by atoms with E-state index in [1.807, 2.05) is 65.2 Å². The van der Waals surface area contributed by atoms with Gasteiger partial charge in [-0.2, -0.15) is 18.1 Å². The van der Waals surface area contributed by atoms with Gasteiger partial charge in [0.05, 0.1) is 22.8 Å². The van der Waals surface area contributed by atoms with Gasteiger partial charge in [-0.3, -0.25) is 0 Å². The Hall–Kier alpha value is -4.06. The van der Waals surface area contributed by atoms with Crippen LogP contribution < -0.4 is 0 Å². The molecule has 0 saturated heterocycles. The number of imidazole rings is 1. The molecule has 0 saturated carbocycles. The maximum Gasteiger partial charge on any atom is 0.292 e. The molecular weight excluding hydrogens is 476 g/mol. The molecule has 0 N–H and O–H groups in total. The molecule has 0 aliphatic heterocycles. The van der Waals surface area contributed by atoms with Crippen molar-refractivity contribution in [2.75, 3.05) is 0 Å². The number of hydrogen-bond acceptors (Lipinski definition) is 5. The molecule has 8 heteroatoms. The molecule has 5 aromatic rings. The molecule has 3 aromatic carbocycles. The summed E-state index contributed by atoms with van der Waals surface area (Å²) in [4.78, 5) is 4.79. The Morgan fingerprint density at radius 3 is 2.31 bits per heavy atom. The molecule has 0 aliphatic carbocycles. The van der Waals surface area contributed by atoms with Crippen molar-refractivity contribution in [3.05, 3.63) is 119 Å². The summed E-state index contributed by atoms with van der Waals surface area (Å²) >= 11 is 1.09. The molecule has 0 spiro atoms. The van der Waals surface area contributed by atoms with Crippen molar-refractivity contribution >= 4 is 38.1 Å². The van der Waals surface area contributed by atoms with Crippen molar-refractivity contribution in [1.82, 2.24) is 9.55 Å². The largest absolute Gasteiger partial charge is 0.322 e. The summed E-state index contributed by atoms with van der Waals surface area (Å²) in [5, 5.41) is 12.1. The van der Waals surface area contributed by atoms with Crippen LogP contribution in [0.4, 0.5) is 0 Å². The monoisotopic (exact) mass is 496 g/mol. The highest BCUT2D eigenvalue weighted by molar-refractivity contribution is 7.92. The van der Waals surface area contributed by atoms with Gasteiger partial charge >= 0.3 is 0 Å². The molecule has 0 fully saturated rings. The van der Waals surface area contributed by atoms with Gasteiger partial charge < -0.3 is 4.57 Å². The first-order chi connectivity index (χ1) is 17.1. The standard InChI is InChI=1S/C27H20N4O2S2/c28-18-22(26(21-12-5-2-6-13-21)30-35(32,33)25-16-9-17-34-25)27-29-23-14-7-8-15-24(23)31(27)19-20-10-3-1-4-11-20/h1-17,22H,19H2/b30-26+. The average molecular weight is 497 g/mol. The lowest BCUT2D eigenvalue weighted by Crippen LogP contribution is -2.20. The quantitative estimate of drug-likeness (QED) is 0.273. The van der Waals surface area contributed by atoms with Gasteiger partial charge in [0.25, 0.3) is 10.0 Å². The second-order valence-corrected chi connectivity index (χ2v) is 10.6. The van der Waals surface area contributed by atoms with Crippen molar-refractivity contribution in [3.8, 4) is 6.07 Å². The van der Waals surface area contributed by atoms with Crippen LogP contribution in [0.15, 0.2) is 111 Å². The number of rotatable bonds is 7. The van der Waals surface area contributed by atoms with E-state index in [1.165, 1.54) is 6.07 Å². The second-order valence-electron chi connectivity index (χ2n) is 7.84. The summed E-state index contributed by atoms with van der Waals surface area (Å²) in [5.74, 6) is -0.565. The number of nitrogens with zero attached hydrogens (tertiary/aromatic N) is 4. The maximum absolute atomic E-state index is 13.2. The van der Waals surface area contributed by atoms with E-state index in [9.17, 15) is 13.7 Å². The molecule has 172 valence electrons. The highest BCUT2D eigenvalue weighted by Crippen LogP contribution is 2.29. The Balaban J connectivity index is 1.72. The van der Waals surface area contributed by atoms with Gasteiger partial charge in [0, 0.05) is 6.54 Å². The highest BCUT2D eigenvalue weighted by Gasteiger charge is 2.29. The van der Waals surface area contributed by atoms with Crippen molar-refractivity contribution in [2.24, 2.45) is 4.40 Å². The minimum Gasteiger partial charge on any atom is -0.322 e. The van der Waals surface area contributed by atoms with Crippen LogP contribution in [0, 0.1) is 11.3 Å². The molecule has 1 atom stereocenters. The predicted molar refractivity (Wildman–Crippen MR) is 138 cm³/mol. The van der Waals surface area contributed by atoms with E-state index >= 15 is 0 Å². The van der Waals surface area contributed by atoms with Gasteiger partial charge in [-0.05, 0) is 34.7 Å². The van der Waals surface area contributed by atoms with Crippen molar-refractivity contribution in [2.45, 2.75) is 16.7 Å². The number of benzene rings is 3. The zero-order valence-electron chi connectivity index (χ0n) is 18.5. The fourth-order valence-corrected chi connectivity index (χ4v) is 5.98. The number of fused-ring (bicyclic) bond motifs is 1. The lowest BCUT2D eigenvalue weighted by molar-refractivity contribution is 0.600. The Labute approximate surface area is 207 Å². The summed E-state index contributed by atoms with van der Waals surface area (Å²) in [5.41, 5.74) is 3.33. The summed E-state index contributed by atoms with van der Waals surface area (Å²) in [6.07, 6.45) is 0. The molecule has 35 heavy (non-hydrogen) atoms. The van der Waals surface area contributed by atoms with Crippen molar-refractivity contribution < 1.29 is 8.42 Å². The smallest absolute Gasteiger partial charge is 0.292 e. The third kappa shape index (κ3) is 4.64. The minimum absolute atomic E-state index is 0.125. The number of para-hydroxylation sites is 2.